The second-order valence-electron chi connectivity index (χ2n) is 15.0. The van der Waals surface area contributed by atoms with Gasteiger partial charge in [0.2, 0.25) is 6.35 Å². The van der Waals surface area contributed by atoms with Crippen LogP contribution in [0.1, 0.15) is 29.2 Å². The summed E-state index contributed by atoms with van der Waals surface area (Å²) < 4.78 is 6.28. The summed E-state index contributed by atoms with van der Waals surface area (Å²) in [7, 11) is 0. The molecule has 0 N–H and O–H groups in total. The Balaban J connectivity index is 0.000000169. The third-order valence-electron chi connectivity index (χ3n) is 11.0. The summed E-state index contributed by atoms with van der Waals surface area (Å²) in [5.74, 6) is 3.18. The average molecular weight is 991 g/mol. The third-order valence-corrected chi connectivity index (χ3v) is 11.0. The van der Waals surface area contributed by atoms with Crippen molar-refractivity contribution < 1.29 is 24.8 Å². The molecular formula is C52H46IrN8O-2. The van der Waals surface area contributed by atoms with Crippen LogP contribution in [-0.4, -0.2) is 32.9 Å². The van der Waals surface area contributed by atoms with E-state index in [2.05, 4.69) is 160 Å². The van der Waals surface area contributed by atoms with Crippen molar-refractivity contribution in [1.82, 2.24) is 19.9 Å². The summed E-state index contributed by atoms with van der Waals surface area (Å²) in [5, 5.41) is 0. The van der Waals surface area contributed by atoms with E-state index in [0.29, 0.717) is 6.61 Å². The normalized spacial score (nSPS) is 13.9. The maximum Gasteiger partial charge on any atom is 0.221 e. The molecule has 6 aromatic carbocycles. The molecule has 0 bridgehead atoms. The molecule has 2 aliphatic rings. The Morgan fingerprint density at radius 1 is 0.516 bits per heavy atom. The second-order valence-corrected chi connectivity index (χ2v) is 15.0. The Morgan fingerprint density at radius 3 is 1.55 bits per heavy atom. The van der Waals surface area contributed by atoms with Crippen LogP contribution in [0.2, 0.25) is 0 Å². The van der Waals surface area contributed by atoms with Crippen molar-refractivity contribution in [3.8, 4) is 22.3 Å². The molecule has 0 aliphatic carbocycles. The molecule has 0 spiro atoms. The van der Waals surface area contributed by atoms with Gasteiger partial charge in [-0.05, 0) is 110 Å². The van der Waals surface area contributed by atoms with Crippen LogP contribution < -0.4 is 19.6 Å². The van der Waals surface area contributed by atoms with Crippen LogP contribution in [0, 0.1) is 40.4 Å². The van der Waals surface area contributed by atoms with E-state index in [1.54, 1.807) is 24.8 Å². The molecule has 10 heteroatoms. The minimum absolute atomic E-state index is 0. The maximum atomic E-state index is 6.28. The molecule has 8 aromatic rings. The zero-order valence-electron chi connectivity index (χ0n) is 35.3. The van der Waals surface area contributed by atoms with Crippen molar-refractivity contribution in [2.75, 3.05) is 26.2 Å². The number of rotatable bonds is 8. The summed E-state index contributed by atoms with van der Waals surface area (Å²) >= 11 is 0. The molecule has 311 valence electrons. The fraction of sp³-hybridized carbons (Fsp3) is 0.135. The van der Waals surface area contributed by atoms with Crippen molar-refractivity contribution in [3.05, 3.63) is 199 Å². The van der Waals surface area contributed by atoms with E-state index < -0.39 is 0 Å². The average Bonchev–Trinajstić information content (AvgIpc) is 3.84. The smallest absolute Gasteiger partial charge is 0.221 e. The van der Waals surface area contributed by atoms with E-state index >= 15 is 0 Å². The zero-order valence-corrected chi connectivity index (χ0v) is 37.7. The monoisotopic (exact) mass is 991 g/mol. The number of hydrogen-bond acceptors (Lipinski definition) is 9. The van der Waals surface area contributed by atoms with Crippen molar-refractivity contribution in [2.45, 2.75) is 41.0 Å². The minimum atomic E-state index is -0.381. The first-order chi connectivity index (χ1) is 29.9. The maximum absolute atomic E-state index is 6.28. The molecule has 2 aromatic heterocycles. The van der Waals surface area contributed by atoms with Crippen molar-refractivity contribution in [2.24, 2.45) is 0 Å². The first-order valence-corrected chi connectivity index (χ1v) is 20.5. The van der Waals surface area contributed by atoms with Crippen LogP contribution >= 0.6 is 0 Å². The van der Waals surface area contributed by atoms with Gasteiger partial charge in [0.1, 0.15) is 11.6 Å². The first-order valence-electron chi connectivity index (χ1n) is 20.5. The predicted octanol–water partition coefficient (Wildman–Crippen LogP) is 12.3. The number of aryl methyl sites for hydroxylation is 4. The summed E-state index contributed by atoms with van der Waals surface area (Å²) in [5.41, 5.74) is 13.9. The van der Waals surface area contributed by atoms with Crippen molar-refractivity contribution in [1.29, 1.82) is 0 Å². The summed E-state index contributed by atoms with van der Waals surface area (Å²) in [4.78, 5) is 26.9. The fourth-order valence-electron chi connectivity index (χ4n) is 8.32. The van der Waals surface area contributed by atoms with E-state index in [-0.39, 0.29) is 26.5 Å². The van der Waals surface area contributed by atoms with E-state index in [1.165, 1.54) is 44.5 Å². The Labute approximate surface area is 377 Å². The number of ether oxygens (including phenoxy) is 1. The summed E-state index contributed by atoms with van der Waals surface area (Å²) in [6, 6.07) is 51.4. The Hall–Kier alpha value is -6.71. The number of nitrogens with zero attached hydrogens (tertiary/aromatic N) is 8. The zero-order chi connectivity index (χ0) is 41.9. The minimum Gasteiger partial charge on any atom is -0.477 e. The molecule has 4 heterocycles. The third kappa shape index (κ3) is 8.08. The summed E-state index contributed by atoms with van der Waals surface area (Å²) in [6.07, 6.45) is 6.53. The molecule has 62 heavy (non-hydrogen) atoms. The molecule has 1 unspecified atom stereocenters. The number of fused-ring (bicyclic) bond motifs is 2. The van der Waals surface area contributed by atoms with Gasteiger partial charge in [0.25, 0.3) is 0 Å². The van der Waals surface area contributed by atoms with Gasteiger partial charge in [-0.25, -0.2) is 19.9 Å². The number of hydrogen-bond donors (Lipinski definition) is 0. The molecule has 1 radical (unpaired) electrons. The molecule has 0 saturated carbocycles. The predicted molar refractivity (Wildman–Crippen MR) is 247 cm³/mol. The van der Waals surface area contributed by atoms with E-state index in [1.807, 2.05) is 61.0 Å². The molecule has 9 nitrogen and oxygen atoms in total. The van der Waals surface area contributed by atoms with Gasteiger partial charge < -0.3 is 14.5 Å². The largest absolute Gasteiger partial charge is 0.477 e. The van der Waals surface area contributed by atoms with Crippen LogP contribution in [-0.2, 0) is 24.8 Å². The fourth-order valence-corrected chi connectivity index (χ4v) is 8.32. The molecule has 2 aliphatic heterocycles. The van der Waals surface area contributed by atoms with Crippen LogP contribution in [0.5, 0.6) is 0 Å². The van der Waals surface area contributed by atoms with Crippen molar-refractivity contribution in [3.63, 3.8) is 0 Å². The number of aromatic nitrogens is 4. The van der Waals surface area contributed by atoms with Crippen LogP contribution in [0.25, 0.3) is 22.3 Å². The van der Waals surface area contributed by atoms with Gasteiger partial charge in [-0.15, -0.1) is 24.0 Å². The number of anilines is 8. The molecule has 10 rings (SSSR count). The van der Waals surface area contributed by atoms with Gasteiger partial charge in [0.05, 0.1) is 0 Å². The van der Waals surface area contributed by atoms with Gasteiger partial charge in [0.15, 0.2) is 11.6 Å². The van der Waals surface area contributed by atoms with Crippen LogP contribution in [0.3, 0.4) is 0 Å². The number of benzene rings is 6. The SMILES string of the molecule is CCOC1N(c2ccccc2)c2nccnc2N1c1cccc(-c2c(C)cccc2C)c1.Cc1cccc(C)c1-c1cc[c-]c(N2[CH-]N(c3ccccc3)c3nccnc32)c1.[Ir]. The standard InChI is InChI=1S/C27H26N4O.C25H20N4.Ir/c1-4-32-27-30(22-13-6-5-7-14-22)25-26(29-17-16-28-25)31(27)23-15-9-12-21(18-23)24-19(2)10-8-11-20(24)3;1-18-8-6-9-19(2)23(18)20-10-7-13-22(16-20)29-17-28(21-11-4-3-5-12-21)24-25(29)27-15-14-26-24;/h5-18,27H,4H2,1-3H3;3-12,14-17H,1-2H3;/q;-2;. The Bertz CT molecular complexity index is 2760. The van der Waals surface area contributed by atoms with Crippen LogP contribution in [0.4, 0.5) is 46.0 Å². The molecule has 1 atom stereocenters. The quantitative estimate of drug-likeness (QED) is 0.138. The van der Waals surface area contributed by atoms with Crippen molar-refractivity contribution >= 4 is 46.0 Å². The van der Waals surface area contributed by atoms with E-state index in [0.717, 1.165) is 46.0 Å². The van der Waals surface area contributed by atoms with Gasteiger partial charge in [-0.1, -0.05) is 84.9 Å². The number of para-hydroxylation sites is 2. The second kappa shape index (κ2) is 18.5. The van der Waals surface area contributed by atoms with Gasteiger partial charge in [-0.2, -0.15) is 18.2 Å². The molecule has 0 saturated heterocycles. The van der Waals surface area contributed by atoms with E-state index in [4.69, 9.17) is 9.72 Å². The summed E-state index contributed by atoms with van der Waals surface area (Å²) in [6.45, 7) is 13.2. The van der Waals surface area contributed by atoms with E-state index in [9.17, 15) is 0 Å². The molecular weight excluding hydrogens is 945 g/mol. The van der Waals surface area contributed by atoms with Gasteiger partial charge >= 0.3 is 0 Å². The molecule has 0 amide bonds. The Kier molecular flexibility index (Phi) is 12.5. The first kappa shape index (κ1) is 42.0. The Morgan fingerprint density at radius 2 is 0.984 bits per heavy atom. The molecule has 0 fully saturated rings. The topological polar surface area (TPSA) is 73.8 Å². The van der Waals surface area contributed by atoms with Crippen LogP contribution in [0.15, 0.2) is 164 Å². The van der Waals surface area contributed by atoms with Gasteiger partial charge in [-0.3, -0.25) is 9.80 Å². The van der Waals surface area contributed by atoms with Gasteiger partial charge in [0, 0.05) is 68.6 Å².